The maximum absolute atomic E-state index is 11.5. The van der Waals surface area contributed by atoms with Crippen LogP contribution in [0, 0.1) is 0 Å². The van der Waals surface area contributed by atoms with E-state index in [9.17, 15) is 31.8 Å². The number of carbonyl (C=O) groups is 4. The molecule has 22 heteroatoms. The molecule has 2 atom stereocenters. The molecule has 20 nitrogen and oxygen atoms in total. The molecule has 0 radical (unpaired) electrons. The number of nitrogens with zero attached hydrogens (tertiary/aromatic N) is 4. The predicted octanol–water partition coefficient (Wildman–Crippen LogP) is 11.7. The topological polar surface area (TPSA) is 293 Å². The molecule has 0 spiro atoms. The SMILES string of the molecule is CCCCNC(=O)Cc1ccccc1.CCCCNC(=O)Cc1ccncc1.CCCCNC(=O)NCc1ccccc1.CCCCNC(=O)NCc1ccccn1.CCCCOCC(O)CO.CCCCS(=O)(=O)Cc1ccccn1.CCCCS(=O)Cc1ccccn1. The van der Waals surface area contributed by atoms with Crippen LogP contribution < -0.4 is 31.9 Å². The number of pyridine rings is 4. The minimum Gasteiger partial charge on any atom is -0.394 e. The fourth-order valence-electron chi connectivity index (χ4n) is 7.43. The molecule has 0 bridgehead atoms. The normalized spacial score (nSPS) is 10.8. The quantitative estimate of drug-likeness (QED) is 0.0170. The molecule has 95 heavy (non-hydrogen) atoms. The van der Waals surface area contributed by atoms with Crippen LogP contribution in [0.2, 0.25) is 0 Å². The van der Waals surface area contributed by atoms with Crippen molar-refractivity contribution < 1.29 is 46.8 Å². The fraction of sp³-hybridized carbons (Fsp3) is 0.507. The van der Waals surface area contributed by atoms with Crippen molar-refractivity contribution in [3.63, 3.8) is 0 Å². The number of sulfone groups is 1. The average molecular weight is 1360 g/mol. The summed E-state index contributed by atoms with van der Waals surface area (Å²) >= 11 is 0. The van der Waals surface area contributed by atoms with Gasteiger partial charge in [-0.2, -0.15) is 0 Å². The maximum atomic E-state index is 11.5. The lowest BCUT2D eigenvalue weighted by molar-refractivity contribution is -0.121. The molecule has 528 valence electrons. The van der Waals surface area contributed by atoms with Gasteiger partial charge in [0, 0.05) is 86.9 Å². The number of urea groups is 2. The van der Waals surface area contributed by atoms with E-state index in [4.69, 9.17) is 14.9 Å². The van der Waals surface area contributed by atoms with Crippen LogP contribution in [-0.2, 0) is 72.4 Å². The number of ether oxygens (including phenoxy) is 1. The number of benzene rings is 2. The summed E-state index contributed by atoms with van der Waals surface area (Å²) in [7, 11) is -3.69. The van der Waals surface area contributed by atoms with E-state index in [1.807, 2.05) is 116 Å². The van der Waals surface area contributed by atoms with Gasteiger partial charge in [0.15, 0.2) is 9.84 Å². The van der Waals surface area contributed by atoms with E-state index >= 15 is 0 Å². The first-order valence-corrected chi connectivity index (χ1v) is 37.0. The van der Waals surface area contributed by atoms with Crippen LogP contribution in [0.4, 0.5) is 9.59 Å². The molecule has 0 aliphatic carbocycles. The molecule has 8 N–H and O–H groups in total. The van der Waals surface area contributed by atoms with Crippen LogP contribution in [0.25, 0.3) is 0 Å². The number of unbranched alkanes of at least 4 members (excludes halogenated alkanes) is 7. The van der Waals surface area contributed by atoms with E-state index in [0.29, 0.717) is 44.0 Å². The summed E-state index contributed by atoms with van der Waals surface area (Å²) in [6, 6.07) is 39.9. The smallest absolute Gasteiger partial charge is 0.315 e. The molecular weight excluding hydrogens is 1240 g/mol. The van der Waals surface area contributed by atoms with Gasteiger partial charge in [-0.15, -0.1) is 0 Å². The first kappa shape index (κ1) is 87.5. The zero-order valence-corrected chi connectivity index (χ0v) is 59.5. The summed E-state index contributed by atoms with van der Waals surface area (Å²) in [6.07, 6.45) is 23.1. The van der Waals surface area contributed by atoms with E-state index in [1.54, 1.807) is 49.2 Å². The second-order valence-corrected chi connectivity index (χ2v) is 25.6. The van der Waals surface area contributed by atoms with Gasteiger partial charge in [-0.05, 0) is 110 Å². The summed E-state index contributed by atoms with van der Waals surface area (Å²) in [4.78, 5) is 61.4. The van der Waals surface area contributed by atoms with Crippen molar-refractivity contribution in [1.29, 1.82) is 0 Å². The number of aliphatic hydroxyl groups excluding tert-OH is 2. The van der Waals surface area contributed by atoms with Gasteiger partial charge in [-0.1, -0.05) is 172 Å². The molecule has 2 unspecified atom stereocenters. The van der Waals surface area contributed by atoms with E-state index in [2.05, 4.69) is 93.4 Å². The Hall–Kier alpha value is -7.50. The Balaban J connectivity index is 0.00000109. The number of rotatable bonds is 36. The maximum Gasteiger partial charge on any atom is 0.315 e. The van der Waals surface area contributed by atoms with Crippen molar-refractivity contribution >= 4 is 44.5 Å². The average Bonchev–Trinajstić information content (AvgIpc) is 2.78. The Bertz CT molecular complexity index is 2760. The minimum absolute atomic E-state index is 0.0633. The highest BCUT2D eigenvalue weighted by molar-refractivity contribution is 7.90. The lowest BCUT2D eigenvalue weighted by Gasteiger charge is -2.06. The number of amides is 6. The number of aliphatic hydroxyl groups is 2. The molecule has 6 aromatic rings. The monoisotopic (exact) mass is 1350 g/mol. The lowest BCUT2D eigenvalue weighted by Crippen LogP contribution is -2.35. The summed E-state index contributed by atoms with van der Waals surface area (Å²) in [5.74, 6) is 1.93. The number of hydrogen-bond donors (Lipinski definition) is 8. The van der Waals surface area contributed by atoms with Gasteiger partial charge < -0.3 is 46.9 Å². The zero-order valence-electron chi connectivity index (χ0n) is 57.9. The van der Waals surface area contributed by atoms with E-state index in [0.717, 1.165) is 150 Å². The summed E-state index contributed by atoms with van der Waals surface area (Å²) < 4.78 is 39.5. The number of carbonyl (C=O) groups excluding carboxylic acids is 4. The third-order valence-corrected chi connectivity index (χ3v) is 15.9. The van der Waals surface area contributed by atoms with Crippen molar-refractivity contribution in [1.82, 2.24) is 51.8 Å². The van der Waals surface area contributed by atoms with Gasteiger partial charge in [0.1, 0.15) is 6.10 Å². The molecule has 0 aliphatic heterocycles. The van der Waals surface area contributed by atoms with Gasteiger partial charge in [-0.3, -0.25) is 33.7 Å². The lowest BCUT2D eigenvalue weighted by atomic mass is 10.1. The Morgan fingerprint density at radius 2 is 0.895 bits per heavy atom. The van der Waals surface area contributed by atoms with Gasteiger partial charge in [0.25, 0.3) is 0 Å². The molecule has 0 aliphatic rings. The van der Waals surface area contributed by atoms with Crippen molar-refractivity contribution in [2.45, 2.75) is 182 Å². The van der Waals surface area contributed by atoms with Crippen molar-refractivity contribution in [2.24, 2.45) is 0 Å². The Kier molecular flexibility index (Phi) is 57.7. The Morgan fingerprint density at radius 1 is 0.474 bits per heavy atom. The first-order valence-electron chi connectivity index (χ1n) is 33.7. The molecule has 2 aromatic carbocycles. The fourth-order valence-corrected chi connectivity index (χ4v) is 10.2. The molecule has 0 saturated carbocycles. The van der Waals surface area contributed by atoms with E-state index < -0.39 is 26.7 Å². The molecule has 6 amide bonds. The van der Waals surface area contributed by atoms with Crippen LogP contribution >= 0.6 is 0 Å². The molecule has 4 heterocycles. The molecule has 0 fully saturated rings. The van der Waals surface area contributed by atoms with Crippen LogP contribution in [-0.4, -0.2) is 130 Å². The highest BCUT2D eigenvalue weighted by Gasteiger charge is 2.12. The van der Waals surface area contributed by atoms with Crippen LogP contribution in [0.5, 0.6) is 0 Å². The number of aromatic nitrogens is 4. The third-order valence-electron chi connectivity index (χ3n) is 12.9. The molecule has 4 aromatic heterocycles. The summed E-state index contributed by atoms with van der Waals surface area (Å²) in [5.41, 5.74) is 5.61. The van der Waals surface area contributed by atoms with Crippen molar-refractivity contribution in [3.8, 4) is 0 Å². The standard InChI is InChI=1S/C12H18N2O.C12H17NO.C11H17N3O.C11H16N2O.C10H15NO2S.C10H15NOS.C7H16O3/c1-2-3-9-13-12(15)14-10-11-7-5-4-6-8-11;1-2-3-9-13-12(14)10-11-7-5-4-6-8-11;1-2-3-7-13-11(15)14-9-10-6-4-5-8-12-10;1-2-3-6-13-11(14)9-10-4-7-12-8-5-10;1-2-3-8-14(12,13)9-10-6-4-5-7-11-10;1-2-3-8-13(12)9-10-6-4-5-7-11-10;1-2-3-4-10-6-7(9)5-8/h4-8H,2-3,9-10H2,1H3,(H2,13,14,15);4-8H,2-3,9-10H2,1H3,(H,13,14);4-6,8H,2-3,7,9H2,1H3,(H2,13,14,15);4-5,7-8H,2-3,6,9H2,1H3,(H,13,14);4-7H,2-3,8-9H2,1H3;4-7H,2-3,8-9H2,1H3;7-9H,2-6H2,1H3. The van der Waals surface area contributed by atoms with Crippen LogP contribution in [0.15, 0.2) is 158 Å². The van der Waals surface area contributed by atoms with Crippen LogP contribution in [0.1, 0.15) is 172 Å². The first-order chi connectivity index (χ1) is 46.1. The Labute approximate surface area is 571 Å². The number of hydrogen-bond acceptors (Lipinski definition) is 14. The second kappa shape index (κ2) is 62.6. The highest BCUT2D eigenvalue weighted by Crippen LogP contribution is 2.07. The predicted molar refractivity (Wildman–Crippen MR) is 386 cm³/mol. The van der Waals surface area contributed by atoms with Crippen LogP contribution in [0.3, 0.4) is 0 Å². The zero-order chi connectivity index (χ0) is 70.1. The van der Waals surface area contributed by atoms with Crippen molar-refractivity contribution in [3.05, 3.63) is 192 Å². The van der Waals surface area contributed by atoms with E-state index in [-0.39, 0.29) is 48.6 Å². The van der Waals surface area contributed by atoms with E-state index in [1.165, 1.54) is 0 Å². The minimum atomic E-state index is -2.96. The third kappa shape index (κ3) is 56.6. The molecular formula is C73H114N10O10S2. The van der Waals surface area contributed by atoms with Gasteiger partial charge in [-0.25, -0.2) is 18.0 Å². The highest BCUT2D eigenvalue weighted by atomic mass is 32.2. The second-order valence-electron chi connectivity index (χ2n) is 21.8. The Morgan fingerprint density at radius 3 is 1.35 bits per heavy atom. The summed E-state index contributed by atoms with van der Waals surface area (Å²) in [5, 5.41) is 34.0. The molecule has 0 saturated heterocycles. The summed E-state index contributed by atoms with van der Waals surface area (Å²) in [6.45, 7) is 19.4. The van der Waals surface area contributed by atoms with Gasteiger partial charge in [0.05, 0.1) is 66.9 Å². The van der Waals surface area contributed by atoms with Crippen molar-refractivity contribution in [2.75, 3.05) is 57.5 Å². The van der Waals surface area contributed by atoms with Gasteiger partial charge in [0.2, 0.25) is 11.8 Å². The largest absolute Gasteiger partial charge is 0.394 e. The number of nitrogens with one attached hydrogen (secondary N) is 6. The van der Waals surface area contributed by atoms with Gasteiger partial charge >= 0.3 is 12.1 Å². The molecule has 6 rings (SSSR count).